The predicted octanol–water partition coefficient (Wildman–Crippen LogP) is 11.2. The van der Waals surface area contributed by atoms with Crippen molar-refractivity contribution in [1.29, 1.82) is 0 Å². The lowest BCUT2D eigenvalue weighted by Crippen LogP contribution is -2.00. The van der Waals surface area contributed by atoms with Crippen LogP contribution in [0.3, 0.4) is 0 Å². The zero-order chi connectivity index (χ0) is 30.5. The summed E-state index contributed by atoms with van der Waals surface area (Å²) in [7, 11) is 0. The predicted molar refractivity (Wildman–Crippen MR) is 193 cm³/mol. The highest BCUT2D eigenvalue weighted by Gasteiger charge is 2.20. The standard InChI is InChI=1S/C40H24N4S2/c1-4-13-25(14-5-1)37-42-38(26-15-6-2-7-16-26)44-39(43-37)29-20-12-19-28(23-29)34-35-30-21-10-11-22-32(30)45-33(35)24-31-36(34)46-40(41-31)27-17-8-3-9-18-27/h1-24H. The monoisotopic (exact) mass is 624 g/mol. The van der Waals surface area contributed by atoms with Crippen LogP contribution in [0.1, 0.15) is 0 Å². The van der Waals surface area contributed by atoms with Crippen molar-refractivity contribution in [1.82, 2.24) is 19.9 Å². The molecule has 0 saturated heterocycles. The molecule has 3 aromatic heterocycles. The molecule has 0 amide bonds. The zero-order valence-corrected chi connectivity index (χ0v) is 26.1. The van der Waals surface area contributed by atoms with Crippen LogP contribution in [0.25, 0.3) is 86.3 Å². The average molecular weight is 625 g/mol. The average Bonchev–Trinajstić information content (AvgIpc) is 3.73. The van der Waals surface area contributed by atoms with Crippen LogP contribution in [0.4, 0.5) is 0 Å². The number of fused-ring (bicyclic) bond motifs is 4. The molecular formula is C40H24N4S2. The molecule has 216 valence electrons. The Morgan fingerprint density at radius 1 is 0.391 bits per heavy atom. The fourth-order valence-corrected chi connectivity index (χ4v) is 8.27. The minimum absolute atomic E-state index is 0.641. The first-order chi connectivity index (χ1) is 22.8. The maximum atomic E-state index is 5.15. The van der Waals surface area contributed by atoms with Crippen LogP contribution < -0.4 is 0 Å². The molecule has 0 aliphatic carbocycles. The summed E-state index contributed by atoms with van der Waals surface area (Å²) in [6, 6.07) is 50.2. The summed E-state index contributed by atoms with van der Waals surface area (Å²) in [4.78, 5) is 20.1. The van der Waals surface area contributed by atoms with E-state index in [1.54, 1.807) is 11.3 Å². The second-order valence-electron chi connectivity index (χ2n) is 11.1. The van der Waals surface area contributed by atoms with Gasteiger partial charge < -0.3 is 0 Å². The Morgan fingerprint density at radius 2 is 0.935 bits per heavy atom. The van der Waals surface area contributed by atoms with Gasteiger partial charge in [0.2, 0.25) is 0 Å². The van der Waals surface area contributed by atoms with Crippen LogP contribution in [-0.2, 0) is 0 Å². The van der Waals surface area contributed by atoms with Gasteiger partial charge in [0.15, 0.2) is 17.5 Å². The normalized spacial score (nSPS) is 11.5. The van der Waals surface area contributed by atoms with Gasteiger partial charge in [-0.1, -0.05) is 127 Å². The van der Waals surface area contributed by atoms with Gasteiger partial charge in [-0.25, -0.2) is 19.9 Å². The van der Waals surface area contributed by atoms with Gasteiger partial charge in [0.25, 0.3) is 0 Å². The van der Waals surface area contributed by atoms with Crippen molar-refractivity contribution in [3.63, 3.8) is 0 Å². The Labute approximate surface area is 273 Å². The number of nitrogens with zero attached hydrogens (tertiary/aromatic N) is 4. The summed E-state index contributed by atoms with van der Waals surface area (Å²) in [5, 5.41) is 3.55. The van der Waals surface area contributed by atoms with E-state index in [-0.39, 0.29) is 0 Å². The molecule has 0 atom stereocenters. The van der Waals surface area contributed by atoms with E-state index < -0.39 is 0 Å². The van der Waals surface area contributed by atoms with Crippen LogP contribution in [0, 0.1) is 0 Å². The molecule has 6 aromatic carbocycles. The van der Waals surface area contributed by atoms with Gasteiger partial charge in [0.05, 0.1) is 10.2 Å². The highest BCUT2D eigenvalue weighted by atomic mass is 32.1. The Morgan fingerprint density at radius 3 is 1.61 bits per heavy atom. The fourth-order valence-electron chi connectivity index (χ4n) is 6.00. The molecule has 0 N–H and O–H groups in total. The molecular weight excluding hydrogens is 601 g/mol. The highest BCUT2D eigenvalue weighted by Crippen LogP contribution is 2.47. The number of hydrogen-bond acceptors (Lipinski definition) is 6. The van der Waals surface area contributed by atoms with E-state index in [0.29, 0.717) is 17.5 Å². The van der Waals surface area contributed by atoms with E-state index in [4.69, 9.17) is 19.9 Å². The van der Waals surface area contributed by atoms with E-state index in [0.717, 1.165) is 38.3 Å². The Bertz CT molecular complexity index is 2460. The summed E-state index contributed by atoms with van der Waals surface area (Å²) >= 11 is 3.57. The molecule has 0 unspecified atom stereocenters. The summed E-state index contributed by atoms with van der Waals surface area (Å²) in [6.45, 7) is 0. The molecule has 46 heavy (non-hydrogen) atoms. The van der Waals surface area contributed by atoms with Gasteiger partial charge >= 0.3 is 0 Å². The number of benzene rings is 6. The summed E-state index contributed by atoms with van der Waals surface area (Å²) in [5.74, 6) is 1.94. The van der Waals surface area contributed by atoms with E-state index in [9.17, 15) is 0 Å². The second kappa shape index (κ2) is 11.1. The van der Waals surface area contributed by atoms with Crippen LogP contribution >= 0.6 is 22.7 Å². The molecule has 0 fully saturated rings. The molecule has 0 radical (unpaired) electrons. The molecule has 9 rings (SSSR count). The minimum Gasteiger partial charge on any atom is -0.236 e. The maximum absolute atomic E-state index is 5.15. The van der Waals surface area contributed by atoms with Gasteiger partial charge in [-0.15, -0.1) is 22.7 Å². The van der Waals surface area contributed by atoms with Gasteiger partial charge in [-0.2, -0.15) is 0 Å². The first-order valence-electron chi connectivity index (χ1n) is 15.1. The topological polar surface area (TPSA) is 51.6 Å². The zero-order valence-electron chi connectivity index (χ0n) is 24.5. The molecule has 0 aliphatic rings. The molecule has 6 heteroatoms. The molecule has 0 saturated carbocycles. The number of thiazole rings is 1. The van der Waals surface area contributed by atoms with Crippen molar-refractivity contribution in [2.24, 2.45) is 0 Å². The van der Waals surface area contributed by atoms with Crippen molar-refractivity contribution in [3.8, 4) is 55.9 Å². The van der Waals surface area contributed by atoms with Crippen molar-refractivity contribution < 1.29 is 0 Å². The Balaban J connectivity index is 1.29. The van der Waals surface area contributed by atoms with Crippen LogP contribution in [0.15, 0.2) is 146 Å². The molecule has 9 aromatic rings. The van der Waals surface area contributed by atoms with Crippen molar-refractivity contribution in [3.05, 3.63) is 146 Å². The maximum Gasteiger partial charge on any atom is 0.164 e. The van der Waals surface area contributed by atoms with Crippen LogP contribution in [-0.4, -0.2) is 19.9 Å². The van der Waals surface area contributed by atoms with Crippen molar-refractivity contribution >= 4 is 53.1 Å². The first kappa shape index (κ1) is 26.8. The SMILES string of the molecule is c1ccc(-c2nc(-c3ccccc3)nc(-c3cccc(-c4c5sc(-c6ccccc6)nc5cc5sc6ccccc6c45)c3)n2)cc1. The third-order valence-corrected chi connectivity index (χ3v) is 10.4. The van der Waals surface area contributed by atoms with Crippen molar-refractivity contribution in [2.45, 2.75) is 0 Å². The molecule has 0 spiro atoms. The fraction of sp³-hybridized carbons (Fsp3) is 0. The van der Waals surface area contributed by atoms with Crippen LogP contribution in [0.5, 0.6) is 0 Å². The van der Waals surface area contributed by atoms with E-state index in [1.165, 1.54) is 30.4 Å². The smallest absolute Gasteiger partial charge is 0.164 e. The molecule has 0 aliphatic heterocycles. The number of thiophene rings is 1. The Kier molecular flexibility index (Phi) is 6.47. The van der Waals surface area contributed by atoms with Gasteiger partial charge in [0.1, 0.15) is 5.01 Å². The third-order valence-electron chi connectivity index (χ3n) is 8.15. The third kappa shape index (κ3) is 4.67. The van der Waals surface area contributed by atoms with Gasteiger partial charge in [0, 0.05) is 48.0 Å². The summed E-state index contributed by atoms with van der Waals surface area (Å²) in [5.41, 5.74) is 7.30. The van der Waals surface area contributed by atoms with E-state index >= 15 is 0 Å². The summed E-state index contributed by atoms with van der Waals surface area (Å²) in [6.07, 6.45) is 0. The Hall–Kier alpha value is -5.56. The first-order valence-corrected chi connectivity index (χ1v) is 16.7. The molecule has 4 nitrogen and oxygen atoms in total. The van der Waals surface area contributed by atoms with Gasteiger partial charge in [-0.3, -0.25) is 0 Å². The number of hydrogen-bond donors (Lipinski definition) is 0. The highest BCUT2D eigenvalue weighted by molar-refractivity contribution is 7.26. The van der Waals surface area contributed by atoms with Crippen molar-refractivity contribution in [2.75, 3.05) is 0 Å². The van der Waals surface area contributed by atoms with Gasteiger partial charge in [-0.05, 0) is 23.8 Å². The molecule has 0 bridgehead atoms. The van der Waals surface area contributed by atoms with E-state index in [1.807, 2.05) is 78.1 Å². The lowest BCUT2D eigenvalue weighted by molar-refractivity contribution is 1.07. The van der Waals surface area contributed by atoms with E-state index in [2.05, 4.69) is 78.9 Å². The minimum atomic E-state index is 0.641. The summed E-state index contributed by atoms with van der Waals surface area (Å²) < 4.78 is 3.68. The van der Waals surface area contributed by atoms with Crippen LogP contribution in [0.2, 0.25) is 0 Å². The number of rotatable bonds is 5. The quantitative estimate of drug-likeness (QED) is 0.191. The lowest BCUT2D eigenvalue weighted by Gasteiger charge is -2.11. The molecule has 3 heterocycles. The second-order valence-corrected chi connectivity index (χ2v) is 13.2. The largest absolute Gasteiger partial charge is 0.236 e. The lowest BCUT2D eigenvalue weighted by atomic mass is 9.97. The number of aromatic nitrogens is 4.